The van der Waals surface area contributed by atoms with Crippen molar-refractivity contribution in [2.24, 2.45) is 0 Å². The van der Waals surface area contributed by atoms with Gasteiger partial charge in [-0.2, -0.15) is 0 Å². The predicted octanol–water partition coefficient (Wildman–Crippen LogP) is 4.19. The molecule has 0 N–H and O–H groups in total. The van der Waals surface area contributed by atoms with Crippen LogP contribution in [0.15, 0.2) is 0 Å². The minimum absolute atomic E-state index is 0.0909. The van der Waals surface area contributed by atoms with Gasteiger partial charge < -0.3 is 9.47 Å². The van der Waals surface area contributed by atoms with E-state index in [9.17, 15) is 0 Å². The second-order valence-electron chi connectivity index (χ2n) is 4.69. The van der Waals surface area contributed by atoms with Crippen LogP contribution >= 0.6 is 0 Å². The highest BCUT2D eigenvalue weighted by molar-refractivity contribution is 4.71. The fourth-order valence-electron chi connectivity index (χ4n) is 1.77. The summed E-state index contributed by atoms with van der Waals surface area (Å²) in [6, 6.07) is 0. The minimum atomic E-state index is 0.0909. The van der Waals surface area contributed by atoms with Crippen LogP contribution in [0, 0.1) is 6.54 Å². The van der Waals surface area contributed by atoms with E-state index in [1.807, 2.05) is 0 Å². The third-order valence-electron chi connectivity index (χ3n) is 2.95. The van der Waals surface area contributed by atoms with E-state index in [0.717, 1.165) is 32.5 Å². The predicted molar refractivity (Wildman–Crippen MR) is 77.1 cm³/mol. The zero-order valence-electron chi connectivity index (χ0n) is 12.9. The molecule has 0 amide bonds. The van der Waals surface area contributed by atoms with E-state index >= 15 is 0 Å². The average Bonchev–Trinajstić information content (AvgIpc) is 2.36. The molecule has 0 aromatic rings. The van der Waals surface area contributed by atoms with Crippen LogP contribution in [0.4, 0.5) is 0 Å². The summed E-state index contributed by atoms with van der Waals surface area (Å²) < 4.78 is 11.7. The Morgan fingerprint density at radius 3 is 1.67 bits per heavy atom. The average molecular weight is 258 g/mol. The first-order valence-corrected chi connectivity index (χ1v) is 7.51. The maximum atomic E-state index is 5.84. The quantitative estimate of drug-likeness (QED) is 0.387. The van der Waals surface area contributed by atoms with Gasteiger partial charge in [0.2, 0.25) is 0 Å². The summed E-state index contributed by atoms with van der Waals surface area (Å²) in [5, 5.41) is 0. The van der Waals surface area contributed by atoms with Crippen molar-refractivity contribution in [2.75, 3.05) is 13.2 Å². The van der Waals surface area contributed by atoms with Gasteiger partial charge in [0.15, 0.2) is 0 Å². The smallest absolute Gasteiger partial charge is 0.110 e. The summed E-state index contributed by atoms with van der Waals surface area (Å²) >= 11 is 0. The lowest BCUT2D eigenvalue weighted by Crippen LogP contribution is -2.41. The second-order valence-corrected chi connectivity index (χ2v) is 4.69. The summed E-state index contributed by atoms with van der Waals surface area (Å²) in [7, 11) is 0. The molecule has 0 saturated carbocycles. The molecule has 2 unspecified atom stereocenters. The molecule has 3 nitrogen and oxygen atoms in total. The van der Waals surface area contributed by atoms with Gasteiger partial charge in [0.05, 0.1) is 0 Å². The van der Waals surface area contributed by atoms with E-state index in [4.69, 9.17) is 9.47 Å². The number of rotatable bonds is 12. The Morgan fingerprint density at radius 2 is 1.33 bits per heavy atom. The number of hydrogen-bond donors (Lipinski definition) is 0. The van der Waals surface area contributed by atoms with Gasteiger partial charge >= 0.3 is 0 Å². The highest BCUT2D eigenvalue weighted by Crippen LogP contribution is 2.13. The fraction of sp³-hybridized carbons (Fsp3) is 0.933. The SMILES string of the molecule is CC[CH]N(C(C)OCCCC)C(C)OCCCC. The van der Waals surface area contributed by atoms with Gasteiger partial charge in [-0.25, -0.2) is 4.90 Å². The zero-order chi connectivity index (χ0) is 13.8. The van der Waals surface area contributed by atoms with Crippen LogP contribution in [-0.4, -0.2) is 30.6 Å². The van der Waals surface area contributed by atoms with Crippen molar-refractivity contribution >= 4 is 0 Å². The third-order valence-corrected chi connectivity index (χ3v) is 2.95. The van der Waals surface area contributed by atoms with Gasteiger partial charge in [-0.05, 0) is 33.1 Å². The molecule has 0 aromatic carbocycles. The molecule has 0 bridgehead atoms. The molecule has 18 heavy (non-hydrogen) atoms. The first-order chi connectivity index (χ1) is 8.67. The van der Waals surface area contributed by atoms with E-state index in [0.29, 0.717) is 0 Å². The summed E-state index contributed by atoms with van der Waals surface area (Å²) in [5.41, 5.74) is 0. The monoisotopic (exact) mass is 258 g/mol. The first kappa shape index (κ1) is 17.9. The zero-order valence-corrected chi connectivity index (χ0v) is 12.9. The molecule has 0 aliphatic heterocycles. The molecule has 3 heteroatoms. The molecule has 2 atom stereocenters. The van der Waals surface area contributed by atoms with Crippen LogP contribution < -0.4 is 0 Å². The Bertz CT molecular complexity index is 160. The van der Waals surface area contributed by atoms with Crippen molar-refractivity contribution in [3.05, 3.63) is 6.54 Å². The van der Waals surface area contributed by atoms with E-state index in [-0.39, 0.29) is 12.5 Å². The lowest BCUT2D eigenvalue weighted by atomic mass is 10.3. The molecule has 0 rings (SSSR count). The maximum absolute atomic E-state index is 5.84. The standard InChI is InChI=1S/C15H32NO2/c1-6-9-12-17-14(4)16(11-8-3)15(5)18-13-10-7-2/h11,14-15H,6-10,12-13H2,1-5H3. The van der Waals surface area contributed by atoms with Crippen LogP contribution in [0.5, 0.6) is 0 Å². The third kappa shape index (κ3) is 8.06. The van der Waals surface area contributed by atoms with Crippen molar-refractivity contribution in [3.8, 4) is 0 Å². The van der Waals surface area contributed by atoms with Gasteiger partial charge in [-0.3, -0.25) is 0 Å². The first-order valence-electron chi connectivity index (χ1n) is 7.51. The molecule has 109 valence electrons. The van der Waals surface area contributed by atoms with Gasteiger partial charge in [0, 0.05) is 19.8 Å². The molecule has 0 spiro atoms. The normalized spacial score (nSPS) is 15.0. The largest absolute Gasteiger partial charge is 0.363 e. The molecule has 1 radical (unpaired) electrons. The summed E-state index contributed by atoms with van der Waals surface area (Å²) in [6.45, 7) is 14.5. The van der Waals surface area contributed by atoms with Crippen LogP contribution in [0.3, 0.4) is 0 Å². The minimum Gasteiger partial charge on any atom is -0.363 e. The van der Waals surface area contributed by atoms with Crippen LogP contribution in [0.2, 0.25) is 0 Å². The Hall–Kier alpha value is -0.120. The van der Waals surface area contributed by atoms with Crippen LogP contribution in [0.1, 0.15) is 66.7 Å². The maximum Gasteiger partial charge on any atom is 0.110 e. The van der Waals surface area contributed by atoms with Crippen LogP contribution in [-0.2, 0) is 9.47 Å². The lowest BCUT2D eigenvalue weighted by molar-refractivity contribution is -0.127. The Kier molecular flexibility index (Phi) is 11.9. The number of ether oxygens (including phenoxy) is 2. The summed E-state index contributed by atoms with van der Waals surface area (Å²) in [4.78, 5) is 2.19. The van der Waals surface area contributed by atoms with Crippen molar-refractivity contribution in [1.29, 1.82) is 0 Å². The Labute approximate surface area is 114 Å². The second kappa shape index (κ2) is 11.9. The molecule has 0 fully saturated rings. The van der Waals surface area contributed by atoms with Crippen LogP contribution in [0.25, 0.3) is 0 Å². The molecule has 0 aliphatic rings. The van der Waals surface area contributed by atoms with Crippen molar-refractivity contribution in [3.63, 3.8) is 0 Å². The summed E-state index contributed by atoms with van der Waals surface area (Å²) in [5.74, 6) is 0. The van der Waals surface area contributed by atoms with Crippen molar-refractivity contribution in [1.82, 2.24) is 4.90 Å². The fourth-order valence-corrected chi connectivity index (χ4v) is 1.77. The van der Waals surface area contributed by atoms with Gasteiger partial charge in [-0.1, -0.05) is 33.6 Å². The van der Waals surface area contributed by atoms with E-state index < -0.39 is 0 Å². The van der Waals surface area contributed by atoms with Gasteiger partial charge in [-0.15, -0.1) is 0 Å². The van der Waals surface area contributed by atoms with Crippen molar-refractivity contribution < 1.29 is 9.47 Å². The van der Waals surface area contributed by atoms with E-state index in [1.165, 1.54) is 12.8 Å². The Balaban J connectivity index is 4.07. The molecule has 0 saturated heterocycles. The number of hydrogen-bond acceptors (Lipinski definition) is 3. The van der Waals surface area contributed by atoms with E-state index in [1.54, 1.807) is 0 Å². The van der Waals surface area contributed by atoms with Gasteiger partial charge in [0.1, 0.15) is 12.5 Å². The van der Waals surface area contributed by atoms with E-state index in [2.05, 4.69) is 46.1 Å². The highest BCUT2D eigenvalue weighted by atomic mass is 16.5. The lowest BCUT2D eigenvalue weighted by Gasteiger charge is -2.33. The molecular formula is C15H32NO2. The van der Waals surface area contributed by atoms with Crippen molar-refractivity contribution in [2.45, 2.75) is 79.2 Å². The number of nitrogens with zero attached hydrogens (tertiary/aromatic N) is 1. The topological polar surface area (TPSA) is 21.7 Å². The Morgan fingerprint density at radius 1 is 0.889 bits per heavy atom. The molecular weight excluding hydrogens is 226 g/mol. The van der Waals surface area contributed by atoms with Gasteiger partial charge in [0.25, 0.3) is 0 Å². The highest BCUT2D eigenvalue weighted by Gasteiger charge is 2.20. The summed E-state index contributed by atoms with van der Waals surface area (Å²) in [6.07, 6.45) is 5.77. The molecule has 0 heterocycles. The molecule has 0 aliphatic carbocycles. The number of unbranched alkanes of at least 4 members (excludes halogenated alkanes) is 2. The molecule has 0 aromatic heterocycles.